The average Bonchev–Trinajstić information content (AvgIpc) is 2.95. The van der Waals surface area contributed by atoms with E-state index in [2.05, 4.69) is 15.3 Å². The van der Waals surface area contributed by atoms with Crippen LogP contribution in [-0.4, -0.2) is 15.9 Å². The van der Waals surface area contributed by atoms with Crippen molar-refractivity contribution in [2.45, 2.75) is 12.6 Å². The van der Waals surface area contributed by atoms with Crippen molar-refractivity contribution >= 4 is 33.3 Å². The van der Waals surface area contributed by atoms with Gasteiger partial charge in [-0.25, -0.2) is 4.98 Å². The second kappa shape index (κ2) is 5.96. The lowest BCUT2D eigenvalue weighted by molar-refractivity contribution is -0.134. The van der Waals surface area contributed by atoms with Crippen molar-refractivity contribution in [1.29, 1.82) is 0 Å². The van der Waals surface area contributed by atoms with E-state index < -0.39 is 17.0 Å². The molecule has 4 nitrogen and oxygen atoms in total. The van der Waals surface area contributed by atoms with E-state index in [1.165, 1.54) is 0 Å². The van der Waals surface area contributed by atoms with Gasteiger partial charge in [-0.2, -0.15) is 13.2 Å². The summed E-state index contributed by atoms with van der Waals surface area (Å²) in [5.41, 5.74) is 1.56. The maximum absolute atomic E-state index is 12.5. The predicted octanol–water partition coefficient (Wildman–Crippen LogP) is 3.89. The number of halogens is 3. The fraction of sp³-hybridized carbons (Fsp3) is 0.133. The van der Waals surface area contributed by atoms with Gasteiger partial charge in [-0.15, -0.1) is 0 Å². The van der Waals surface area contributed by atoms with Gasteiger partial charge >= 0.3 is 6.18 Å². The highest BCUT2D eigenvalue weighted by Crippen LogP contribution is 2.35. The molecule has 0 fully saturated rings. The Morgan fingerprint density at radius 1 is 1.22 bits per heavy atom. The lowest BCUT2D eigenvalue weighted by atomic mass is 10.1. The standard InChI is InChI=1S/C15H10F3N3OS/c16-15(17,18)12-8-20-14(23-12)21-13(22)7-9-3-4-11-10(6-9)2-1-5-19-11/h1-6,8H,7H2,(H,20,21,22). The highest BCUT2D eigenvalue weighted by atomic mass is 32.1. The van der Waals surface area contributed by atoms with Crippen LogP contribution in [0.5, 0.6) is 0 Å². The fourth-order valence-corrected chi connectivity index (χ4v) is 2.75. The van der Waals surface area contributed by atoms with Gasteiger partial charge in [0.25, 0.3) is 0 Å². The van der Waals surface area contributed by atoms with Gasteiger partial charge in [0.1, 0.15) is 4.88 Å². The normalized spacial score (nSPS) is 11.6. The van der Waals surface area contributed by atoms with Gasteiger partial charge in [-0.05, 0) is 23.8 Å². The number of carbonyl (C=O) groups excluding carboxylic acids is 1. The summed E-state index contributed by atoms with van der Waals surface area (Å²) in [5, 5.41) is 3.21. The molecule has 1 amide bonds. The lowest BCUT2D eigenvalue weighted by Crippen LogP contribution is -2.14. The van der Waals surface area contributed by atoms with E-state index in [4.69, 9.17) is 0 Å². The summed E-state index contributed by atoms with van der Waals surface area (Å²) in [7, 11) is 0. The minimum absolute atomic E-state index is 0.0474. The number of pyridine rings is 1. The molecule has 0 aliphatic rings. The second-order valence-electron chi connectivity index (χ2n) is 4.78. The van der Waals surface area contributed by atoms with Crippen LogP contribution in [0.3, 0.4) is 0 Å². The molecule has 0 aliphatic carbocycles. The number of nitrogens with zero attached hydrogens (tertiary/aromatic N) is 2. The smallest absolute Gasteiger partial charge is 0.302 e. The fourth-order valence-electron chi connectivity index (χ4n) is 2.05. The number of nitrogens with one attached hydrogen (secondary N) is 1. The number of fused-ring (bicyclic) bond motifs is 1. The van der Waals surface area contributed by atoms with Crippen LogP contribution in [0, 0.1) is 0 Å². The monoisotopic (exact) mass is 337 g/mol. The number of rotatable bonds is 3. The molecule has 0 spiro atoms. The molecular formula is C15H10F3N3OS. The molecule has 3 aromatic rings. The number of hydrogen-bond donors (Lipinski definition) is 1. The molecule has 23 heavy (non-hydrogen) atoms. The zero-order valence-corrected chi connectivity index (χ0v) is 12.4. The zero-order valence-electron chi connectivity index (χ0n) is 11.6. The van der Waals surface area contributed by atoms with E-state index in [9.17, 15) is 18.0 Å². The molecule has 1 N–H and O–H groups in total. The highest BCUT2D eigenvalue weighted by Gasteiger charge is 2.33. The molecule has 0 aliphatic heterocycles. The molecule has 0 radical (unpaired) electrons. The van der Waals surface area contributed by atoms with Gasteiger partial charge in [0.2, 0.25) is 5.91 Å². The van der Waals surface area contributed by atoms with E-state index in [0.717, 1.165) is 16.5 Å². The van der Waals surface area contributed by atoms with E-state index >= 15 is 0 Å². The Balaban J connectivity index is 1.69. The molecule has 118 valence electrons. The van der Waals surface area contributed by atoms with Crippen molar-refractivity contribution in [3.8, 4) is 0 Å². The Hall–Kier alpha value is -2.48. The first-order chi connectivity index (χ1) is 10.9. The molecule has 1 aromatic carbocycles. The Bertz CT molecular complexity index is 860. The van der Waals surface area contributed by atoms with Crippen LogP contribution in [0.4, 0.5) is 18.3 Å². The van der Waals surface area contributed by atoms with Crippen LogP contribution in [0.2, 0.25) is 0 Å². The third-order valence-corrected chi connectivity index (χ3v) is 4.02. The molecular weight excluding hydrogens is 327 g/mol. The average molecular weight is 337 g/mol. The minimum Gasteiger partial charge on any atom is -0.302 e. The van der Waals surface area contributed by atoms with Gasteiger partial charge in [-0.1, -0.05) is 23.5 Å². The summed E-state index contributed by atoms with van der Waals surface area (Å²) in [6.07, 6.45) is -2.02. The SMILES string of the molecule is O=C(Cc1ccc2ncccc2c1)Nc1ncc(C(F)(F)F)s1. The van der Waals surface area contributed by atoms with Crippen LogP contribution in [-0.2, 0) is 17.4 Å². The number of thiazole rings is 1. The molecule has 0 saturated carbocycles. The molecule has 2 aromatic heterocycles. The summed E-state index contributed by atoms with van der Waals surface area (Å²) < 4.78 is 37.5. The van der Waals surface area contributed by atoms with Gasteiger partial charge in [0, 0.05) is 11.6 Å². The highest BCUT2D eigenvalue weighted by molar-refractivity contribution is 7.15. The van der Waals surface area contributed by atoms with Crippen LogP contribution >= 0.6 is 11.3 Å². The van der Waals surface area contributed by atoms with Gasteiger partial charge in [0.15, 0.2) is 5.13 Å². The first-order valence-corrected chi connectivity index (χ1v) is 7.40. The minimum atomic E-state index is -4.45. The largest absolute Gasteiger partial charge is 0.427 e. The molecule has 0 unspecified atom stereocenters. The summed E-state index contributed by atoms with van der Waals surface area (Å²) >= 11 is 0.403. The topological polar surface area (TPSA) is 54.9 Å². The number of alkyl halides is 3. The summed E-state index contributed by atoms with van der Waals surface area (Å²) in [5.74, 6) is -0.420. The number of hydrogen-bond acceptors (Lipinski definition) is 4. The van der Waals surface area contributed by atoms with Gasteiger partial charge in [-0.3, -0.25) is 9.78 Å². The lowest BCUT2D eigenvalue weighted by Gasteiger charge is -2.04. The quantitative estimate of drug-likeness (QED) is 0.789. The van der Waals surface area contributed by atoms with E-state index in [1.807, 2.05) is 12.1 Å². The molecule has 2 heterocycles. The molecule has 0 saturated heterocycles. The first-order valence-electron chi connectivity index (χ1n) is 6.58. The van der Waals surface area contributed by atoms with Crippen LogP contribution < -0.4 is 5.32 Å². The molecule has 0 bridgehead atoms. The number of benzene rings is 1. The predicted molar refractivity (Wildman–Crippen MR) is 81.2 cm³/mol. The third-order valence-electron chi connectivity index (χ3n) is 3.06. The van der Waals surface area contributed by atoms with E-state index in [0.29, 0.717) is 17.5 Å². The zero-order chi connectivity index (χ0) is 16.4. The number of aromatic nitrogens is 2. The maximum Gasteiger partial charge on any atom is 0.427 e. The van der Waals surface area contributed by atoms with Crippen molar-refractivity contribution in [2.75, 3.05) is 5.32 Å². The summed E-state index contributed by atoms with van der Waals surface area (Å²) in [6.45, 7) is 0. The Morgan fingerprint density at radius 3 is 2.78 bits per heavy atom. The van der Waals surface area contributed by atoms with Crippen LogP contribution in [0.15, 0.2) is 42.7 Å². The van der Waals surface area contributed by atoms with Crippen molar-refractivity contribution < 1.29 is 18.0 Å². The van der Waals surface area contributed by atoms with Crippen LogP contribution in [0.1, 0.15) is 10.4 Å². The maximum atomic E-state index is 12.5. The van der Waals surface area contributed by atoms with Crippen molar-refractivity contribution in [1.82, 2.24) is 9.97 Å². The van der Waals surface area contributed by atoms with E-state index in [1.54, 1.807) is 24.4 Å². The van der Waals surface area contributed by atoms with Crippen molar-refractivity contribution in [3.05, 3.63) is 53.2 Å². The Kier molecular flexibility index (Phi) is 3.99. The first kappa shape index (κ1) is 15.4. The van der Waals surface area contributed by atoms with Crippen molar-refractivity contribution in [3.63, 3.8) is 0 Å². The summed E-state index contributed by atoms with van der Waals surface area (Å²) in [4.78, 5) is 18.8. The number of amides is 1. The van der Waals surface area contributed by atoms with Crippen molar-refractivity contribution in [2.24, 2.45) is 0 Å². The molecule has 3 rings (SSSR count). The Labute approximate surface area is 133 Å². The Morgan fingerprint density at radius 2 is 2.04 bits per heavy atom. The van der Waals surface area contributed by atoms with E-state index in [-0.39, 0.29) is 11.6 Å². The molecule has 8 heteroatoms. The van der Waals surface area contributed by atoms with Crippen LogP contribution in [0.25, 0.3) is 10.9 Å². The van der Waals surface area contributed by atoms with Gasteiger partial charge < -0.3 is 5.32 Å². The summed E-state index contributed by atoms with van der Waals surface area (Å²) in [6, 6.07) is 9.05. The third kappa shape index (κ3) is 3.65. The number of carbonyl (C=O) groups is 1. The van der Waals surface area contributed by atoms with Gasteiger partial charge in [0.05, 0.1) is 18.1 Å². The second-order valence-corrected chi connectivity index (χ2v) is 5.81. The number of anilines is 1. The molecule has 0 atom stereocenters.